The van der Waals surface area contributed by atoms with Crippen molar-refractivity contribution >= 4 is 34.8 Å². The van der Waals surface area contributed by atoms with Gasteiger partial charge in [-0.3, -0.25) is 14.5 Å². The molecule has 0 spiro atoms. The molecule has 1 aliphatic rings. The molecule has 3 rings (SSSR count). The van der Waals surface area contributed by atoms with E-state index >= 15 is 0 Å². The van der Waals surface area contributed by atoms with Crippen LogP contribution in [0.25, 0.3) is 0 Å². The van der Waals surface area contributed by atoms with Crippen molar-refractivity contribution in [1.82, 2.24) is 0 Å². The normalized spacial score (nSPS) is 13.3. The van der Waals surface area contributed by atoms with Gasteiger partial charge < -0.3 is 10.1 Å². The zero-order valence-electron chi connectivity index (χ0n) is 12.5. The molecule has 0 bridgehead atoms. The van der Waals surface area contributed by atoms with Crippen molar-refractivity contribution in [2.24, 2.45) is 0 Å². The first-order valence-corrected chi connectivity index (χ1v) is 7.50. The van der Waals surface area contributed by atoms with Gasteiger partial charge in [0.15, 0.2) is 6.61 Å². The predicted octanol–water partition coefficient (Wildman–Crippen LogP) is 3.01. The number of anilines is 2. The predicted molar refractivity (Wildman–Crippen MR) is 89.1 cm³/mol. The third kappa shape index (κ3) is 3.46. The number of nitrogens with zero attached hydrogens (tertiary/aromatic N) is 1. The summed E-state index contributed by atoms with van der Waals surface area (Å²) >= 11 is 5.89. The van der Waals surface area contributed by atoms with Crippen molar-refractivity contribution in [3.05, 3.63) is 53.1 Å². The monoisotopic (exact) mass is 330 g/mol. The van der Waals surface area contributed by atoms with Gasteiger partial charge >= 0.3 is 0 Å². The quantitative estimate of drug-likeness (QED) is 0.941. The van der Waals surface area contributed by atoms with Crippen molar-refractivity contribution in [1.29, 1.82) is 0 Å². The number of halogens is 1. The molecule has 0 unspecified atom stereocenters. The zero-order valence-corrected chi connectivity index (χ0v) is 13.3. The maximum absolute atomic E-state index is 12.2. The molecule has 0 fully saturated rings. The maximum atomic E-state index is 12.2. The van der Waals surface area contributed by atoms with Gasteiger partial charge in [0.25, 0.3) is 5.91 Å². The number of aryl methyl sites for hydroxylation is 1. The van der Waals surface area contributed by atoms with Gasteiger partial charge in [-0.05, 0) is 42.8 Å². The fourth-order valence-electron chi connectivity index (χ4n) is 2.40. The van der Waals surface area contributed by atoms with E-state index in [0.29, 0.717) is 22.1 Å². The van der Waals surface area contributed by atoms with Gasteiger partial charge in [0.05, 0.1) is 5.69 Å². The third-order valence-corrected chi connectivity index (χ3v) is 3.70. The molecule has 6 heteroatoms. The summed E-state index contributed by atoms with van der Waals surface area (Å²) in [7, 11) is 0. The minimum Gasteiger partial charge on any atom is -0.482 e. The van der Waals surface area contributed by atoms with Crippen LogP contribution in [-0.2, 0) is 9.59 Å². The van der Waals surface area contributed by atoms with Crippen LogP contribution in [0.4, 0.5) is 11.4 Å². The largest absolute Gasteiger partial charge is 0.482 e. The summed E-state index contributed by atoms with van der Waals surface area (Å²) in [5.74, 6) is 0.0665. The molecule has 1 aliphatic heterocycles. The highest BCUT2D eigenvalue weighted by atomic mass is 35.5. The summed E-state index contributed by atoms with van der Waals surface area (Å²) in [5.41, 5.74) is 2.22. The highest BCUT2D eigenvalue weighted by Crippen LogP contribution is 2.32. The van der Waals surface area contributed by atoms with Crippen LogP contribution in [0.2, 0.25) is 5.02 Å². The van der Waals surface area contributed by atoms with Crippen LogP contribution in [0.1, 0.15) is 5.56 Å². The molecule has 0 saturated carbocycles. The van der Waals surface area contributed by atoms with Crippen molar-refractivity contribution in [2.75, 3.05) is 23.4 Å². The van der Waals surface area contributed by atoms with E-state index < -0.39 is 0 Å². The number of benzene rings is 2. The zero-order chi connectivity index (χ0) is 16.4. The second-order valence-corrected chi connectivity index (χ2v) is 5.73. The number of hydrogen-bond donors (Lipinski definition) is 1. The van der Waals surface area contributed by atoms with Gasteiger partial charge in [0.2, 0.25) is 5.91 Å². The second kappa shape index (κ2) is 6.30. The highest BCUT2D eigenvalue weighted by molar-refractivity contribution is 6.30. The minimum atomic E-state index is -0.297. The van der Waals surface area contributed by atoms with Crippen molar-refractivity contribution in [3.63, 3.8) is 0 Å². The van der Waals surface area contributed by atoms with Crippen LogP contribution in [-0.4, -0.2) is 25.0 Å². The number of carbonyl (C=O) groups is 2. The van der Waals surface area contributed by atoms with Crippen LogP contribution in [0, 0.1) is 6.92 Å². The molecule has 5 nitrogen and oxygen atoms in total. The smallest absolute Gasteiger partial charge is 0.265 e. The number of nitrogens with one attached hydrogen (secondary N) is 1. The molecule has 2 aromatic carbocycles. The maximum Gasteiger partial charge on any atom is 0.265 e. The first-order valence-electron chi connectivity index (χ1n) is 7.12. The highest BCUT2D eigenvalue weighted by Gasteiger charge is 2.27. The summed E-state index contributed by atoms with van der Waals surface area (Å²) in [6, 6.07) is 12.4. The van der Waals surface area contributed by atoms with Crippen molar-refractivity contribution < 1.29 is 14.3 Å². The Labute approximate surface area is 138 Å². The van der Waals surface area contributed by atoms with Gasteiger partial charge in [-0.2, -0.15) is 0 Å². The SMILES string of the molecule is Cc1ccc2c(c1)OCC(=O)N2CC(=O)Nc1cccc(Cl)c1. The molecular weight excluding hydrogens is 316 g/mol. The van der Waals surface area contributed by atoms with Gasteiger partial charge in [-0.1, -0.05) is 23.7 Å². The fourth-order valence-corrected chi connectivity index (χ4v) is 2.59. The molecule has 2 amide bonds. The van der Waals surface area contributed by atoms with E-state index in [0.717, 1.165) is 5.56 Å². The number of fused-ring (bicyclic) bond motifs is 1. The average Bonchev–Trinajstić information content (AvgIpc) is 2.50. The molecule has 0 aromatic heterocycles. The van der Waals surface area contributed by atoms with Crippen molar-refractivity contribution in [3.8, 4) is 5.75 Å². The Morgan fingerprint density at radius 1 is 1.30 bits per heavy atom. The molecule has 0 radical (unpaired) electrons. The molecule has 118 valence electrons. The fraction of sp³-hybridized carbons (Fsp3) is 0.176. The summed E-state index contributed by atoms with van der Waals surface area (Å²) in [6.45, 7) is 1.79. The number of amides is 2. The summed E-state index contributed by atoms with van der Waals surface area (Å²) in [4.78, 5) is 25.7. The van der Waals surface area contributed by atoms with Crippen molar-refractivity contribution in [2.45, 2.75) is 6.92 Å². The topological polar surface area (TPSA) is 58.6 Å². The molecule has 1 N–H and O–H groups in total. The van der Waals surface area contributed by atoms with Crippen LogP contribution >= 0.6 is 11.6 Å². The van der Waals surface area contributed by atoms with Crippen LogP contribution in [0.3, 0.4) is 0 Å². The Morgan fingerprint density at radius 2 is 2.13 bits per heavy atom. The van der Waals surface area contributed by atoms with E-state index in [1.807, 2.05) is 19.1 Å². The number of ether oxygens (including phenoxy) is 1. The number of hydrogen-bond acceptors (Lipinski definition) is 3. The Morgan fingerprint density at radius 3 is 2.91 bits per heavy atom. The first-order chi connectivity index (χ1) is 11.0. The summed E-state index contributed by atoms with van der Waals surface area (Å²) < 4.78 is 5.42. The molecular formula is C17H15ClN2O3. The Hall–Kier alpha value is -2.53. The van der Waals surface area contributed by atoms with Gasteiger partial charge in [-0.25, -0.2) is 0 Å². The van der Waals surface area contributed by atoms with E-state index in [-0.39, 0.29) is 25.0 Å². The lowest BCUT2D eigenvalue weighted by atomic mass is 10.1. The third-order valence-electron chi connectivity index (χ3n) is 3.47. The van der Waals surface area contributed by atoms with Gasteiger partial charge in [0, 0.05) is 10.7 Å². The molecule has 2 aromatic rings. The van der Waals surface area contributed by atoms with Crippen LogP contribution in [0.15, 0.2) is 42.5 Å². The van der Waals surface area contributed by atoms with E-state index in [9.17, 15) is 9.59 Å². The average molecular weight is 331 g/mol. The lowest BCUT2D eigenvalue weighted by Gasteiger charge is -2.29. The number of carbonyl (C=O) groups excluding carboxylic acids is 2. The molecule has 1 heterocycles. The van der Waals surface area contributed by atoms with Gasteiger partial charge in [0.1, 0.15) is 12.3 Å². The molecule has 0 atom stereocenters. The Bertz CT molecular complexity index is 776. The van der Waals surface area contributed by atoms with E-state index in [4.69, 9.17) is 16.3 Å². The lowest BCUT2D eigenvalue weighted by molar-refractivity contribution is -0.123. The molecule has 0 saturated heterocycles. The lowest BCUT2D eigenvalue weighted by Crippen LogP contribution is -2.43. The summed E-state index contributed by atoms with van der Waals surface area (Å²) in [6.07, 6.45) is 0. The van der Waals surface area contributed by atoms with E-state index in [1.165, 1.54) is 4.90 Å². The van der Waals surface area contributed by atoms with E-state index in [1.54, 1.807) is 30.3 Å². The van der Waals surface area contributed by atoms with Crippen LogP contribution in [0.5, 0.6) is 5.75 Å². The Balaban J connectivity index is 1.77. The standard InChI is InChI=1S/C17H15ClN2O3/c1-11-5-6-14-15(7-11)23-10-17(22)20(14)9-16(21)19-13-4-2-3-12(18)8-13/h2-8H,9-10H2,1H3,(H,19,21). The summed E-state index contributed by atoms with van der Waals surface area (Å²) in [5, 5.41) is 3.27. The molecule has 23 heavy (non-hydrogen) atoms. The Kier molecular flexibility index (Phi) is 4.21. The molecule has 0 aliphatic carbocycles. The first kappa shape index (κ1) is 15.4. The number of rotatable bonds is 3. The van der Waals surface area contributed by atoms with Gasteiger partial charge in [-0.15, -0.1) is 0 Å². The van der Waals surface area contributed by atoms with E-state index in [2.05, 4.69) is 5.32 Å². The minimum absolute atomic E-state index is 0.0686. The second-order valence-electron chi connectivity index (χ2n) is 5.30. The van der Waals surface area contributed by atoms with Crippen LogP contribution < -0.4 is 15.0 Å².